The summed E-state index contributed by atoms with van der Waals surface area (Å²) >= 11 is 0. The first kappa shape index (κ1) is 17.8. The second-order valence-corrected chi connectivity index (χ2v) is 7.56. The van der Waals surface area contributed by atoms with Gasteiger partial charge in [-0.15, -0.1) is 0 Å². The molecule has 4 aromatic rings. The Morgan fingerprint density at radius 3 is 2.79 bits per heavy atom. The van der Waals surface area contributed by atoms with Crippen LogP contribution in [0.1, 0.15) is 29.7 Å². The lowest BCUT2D eigenvalue weighted by Gasteiger charge is -2.11. The van der Waals surface area contributed by atoms with Crippen LogP contribution in [0.5, 0.6) is 0 Å². The van der Waals surface area contributed by atoms with E-state index in [1.807, 2.05) is 42.1 Å². The molecule has 148 valence electrons. The van der Waals surface area contributed by atoms with Crippen LogP contribution in [0.25, 0.3) is 22.9 Å². The van der Waals surface area contributed by atoms with E-state index in [1.54, 1.807) is 0 Å². The van der Waals surface area contributed by atoms with Crippen LogP contribution in [0.2, 0.25) is 0 Å². The number of benzene rings is 1. The quantitative estimate of drug-likeness (QED) is 0.516. The maximum absolute atomic E-state index is 5.55. The molecule has 0 amide bonds. The maximum Gasteiger partial charge on any atom is 0.241 e. The zero-order chi connectivity index (χ0) is 19.8. The molecule has 8 nitrogen and oxygen atoms in total. The highest BCUT2D eigenvalue weighted by molar-refractivity contribution is 5.55. The molecule has 1 aliphatic rings. The minimum absolute atomic E-state index is 0.218. The lowest BCUT2D eigenvalue weighted by Crippen LogP contribution is -2.20. The fourth-order valence-corrected chi connectivity index (χ4v) is 3.79. The molecule has 4 heterocycles. The molecule has 5 rings (SSSR count). The summed E-state index contributed by atoms with van der Waals surface area (Å²) in [5.74, 6) is 2.79. The summed E-state index contributed by atoms with van der Waals surface area (Å²) in [7, 11) is 1.97. The standard InChI is InChI=1S/C21H22N6O2/c1-14-5-3-6-15(11-14)19-22-18(28-24-19)13-27-10-8-16(12-27)21-23-20(25-29-21)17-7-4-9-26(17)2/h3-7,9,11,16H,8,10,12-13H2,1-2H3. The Labute approximate surface area is 168 Å². The molecular weight excluding hydrogens is 368 g/mol. The van der Waals surface area contributed by atoms with E-state index in [2.05, 4.69) is 44.2 Å². The molecule has 1 fully saturated rings. The van der Waals surface area contributed by atoms with Crippen molar-refractivity contribution >= 4 is 0 Å². The first-order chi connectivity index (χ1) is 14.2. The van der Waals surface area contributed by atoms with Crippen molar-refractivity contribution in [3.8, 4) is 22.9 Å². The first-order valence-corrected chi connectivity index (χ1v) is 9.73. The molecule has 1 atom stereocenters. The summed E-state index contributed by atoms with van der Waals surface area (Å²) in [6, 6.07) is 12.1. The minimum Gasteiger partial charge on any atom is -0.348 e. The molecule has 29 heavy (non-hydrogen) atoms. The topological polar surface area (TPSA) is 86.0 Å². The Kier molecular flexibility index (Phi) is 4.48. The fourth-order valence-electron chi connectivity index (χ4n) is 3.79. The van der Waals surface area contributed by atoms with Gasteiger partial charge in [0.25, 0.3) is 0 Å². The third-order valence-electron chi connectivity index (χ3n) is 5.34. The van der Waals surface area contributed by atoms with Crippen LogP contribution in [0.4, 0.5) is 0 Å². The number of aryl methyl sites for hydroxylation is 2. The monoisotopic (exact) mass is 390 g/mol. The summed E-state index contributed by atoms with van der Waals surface area (Å²) in [6.45, 7) is 4.43. The number of nitrogens with zero attached hydrogens (tertiary/aromatic N) is 6. The molecule has 0 spiro atoms. The van der Waals surface area contributed by atoms with E-state index < -0.39 is 0 Å². The van der Waals surface area contributed by atoms with E-state index in [0.717, 1.165) is 30.8 Å². The molecule has 3 aromatic heterocycles. The van der Waals surface area contributed by atoms with Crippen molar-refractivity contribution in [2.75, 3.05) is 13.1 Å². The summed E-state index contributed by atoms with van der Waals surface area (Å²) in [5.41, 5.74) is 3.09. The van der Waals surface area contributed by atoms with Gasteiger partial charge in [0.15, 0.2) is 0 Å². The van der Waals surface area contributed by atoms with Crippen LogP contribution < -0.4 is 0 Å². The highest BCUT2D eigenvalue weighted by Gasteiger charge is 2.29. The first-order valence-electron chi connectivity index (χ1n) is 9.73. The summed E-state index contributed by atoms with van der Waals surface area (Å²) in [4.78, 5) is 11.5. The van der Waals surface area contributed by atoms with Crippen molar-refractivity contribution in [3.05, 3.63) is 59.9 Å². The van der Waals surface area contributed by atoms with E-state index in [-0.39, 0.29) is 5.92 Å². The van der Waals surface area contributed by atoms with E-state index in [9.17, 15) is 0 Å². The predicted molar refractivity (Wildman–Crippen MR) is 106 cm³/mol. The van der Waals surface area contributed by atoms with Gasteiger partial charge in [0.1, 0.15) is 0 Å². The van der Waals surface area contributed by atoms with Gasteiger partial charge >= 0.3 is 0 Å². The maximum atomic E-state index is 5.55. The van der Waals surface area contributed by atoms with E-state index in [1.165, 1.54) is 5.56 Å². The van der Waals surface area contributed by atoms with Crippen LogP contribution in [-0.2, 0) is 13.6 Å². The second-order valence-electron chi connectivity index (χ2n) is 7.56. The van der Waals surface area contributed by atoms with Crippen molar-refractivity contribution in [2.45, 2.75) is 25.8 Å². The van der Waals surface area contributed by atoms with Crippen LogP contribution in [0.3, 0.4) is 0 Å². The predicted octanol–water partition coefficient (Wildman–Crippen LogP) is 3.42. The average Bonchev–Trinajstić information content (AvgIpc) is 3.49. The summed E-state index contributed by atoms with van der Waals surface area (Å²) in [6.07, 6.45) is 2.94. The largest absolute Gasteiger partial charge is 0.348 e. The molecule has 1 aliphatic heterocycles. The lowest BCUT2D eigenvalue weighted by molar-refractivity contribution is 0.260. The number of hydrogen-bond donors (Lipinski definition) is 0. The summed E-state index contributed by atoms with van der Waals surface area (Å²) in [5, 5.41) is 8.28. The van der Waals surface area contributed by atoms with Gasteiger partial charge in [-0.3, -0.25) is 4.90 Å². The van der Waals surface area contributed by atoms with Crippen LogP contribution in [0.15, 0.2) is 51.6 Å². The second kappa shape index (κ2) is 7.29. The highest BCUT2D eigenvalue weighted by Crippen LogP contribution is 2.29. The van der Waals surface area contributed by atoms with Gasteiger partial charge in [0.2, 0.25) is 23.4 Å². The highest BCUT2D eigenvalue weighted by atomic mass is 16.5. The normalized spacial score (nSPS) is 17.2. The van der Waals surface area contributed by atoms with Crippen LogP contribution >= 0.6 is 0 Å². The van der Waals surface area contributed by atoms with Crippen molar-refractivity contribution in [1.82, 2.24) is 29.7 Å². The zero-order valence-corrected chi connectivity index (χ0v) is 16.4. The number of rotatable bonds is 5. The molecule has 0 aliphatic carbocycles. The van der Waals surface area contributed by atoms with E-state index >= 15 is 0 Å². The molecule has 0 saturated carbocycles. The molecule has 0 radical (unpaired) electrons. The van der Waals surface area contributed by atoms with E-state index in [4.69, 9.17) is 9.05 Å². The van der Waals surface area contributed by atoms with Gasteiger partial charge in [-0.2, -0.15) is 9.97 Å². The molecule has 1 saturated heterocycles. The Hall–Kier alpha value is -3.26. The zero-order valence-electron chi connectivity index (χ0n) is 16.4. The lowest BCUT2D eigenvalue weighted by atomic mass is 10.1. The molecule has 1 aromatic carbocycles. The number of aromatic nitrogens is 5. The van der Waals surface area contributed by atoms with Crippen molar-refractivity contribution in [2.24, 2.45) is 7.05 Å². The minimum atomic E-state index is 0.218. The third-order valence-corrected chi connectivity index (χ3v) is 5.34. The van der Waals surface area contributed by atoms with Crippen molar-refractivity contribution in [3.63, 3.8) is 0 Å². The van der Waals surface area contributed by atoms with Gasteiger partial charge in [-0.1, -0.05) is 34.1 Å². The molecule has 8 heteroatoms. The SMILES string of the molecule is Cc1cccc(-c2noc(CN3CCC(c4nc(-c5cccn5C)no4)C3)n2)c1. The Balaban J connectivity index is 1.24. The van der Waals surface area contributed by atoms with Crippen LogP contribution in [-0.4, -0.2) is 42.8 Å². The molecular formula is C21H22N6O2. The third kappa shape index (κ3) is 3.58. The molecule has 0 N–H and O–H groups in total. The fraction of sp³-hybridized carbons (Fsp3) is 0.333. The molecule has 1 unspecified atom stereocenters. The Bertz CT molecular complexity index is 1130. The van der Waals surface area contributed by atoms with E-state index in [0.29, 0.717) is 30.0 Å². The van der Waals surface area contributed by atoms with Gasteiger partial charge < -0.3 is 13.6 Å². The number of likely N-dealkylation sites (tertiary alicyclic amines) is 1. The summed E-state index contributed by atoms with van der Waals surface area (Å²) < 4.78 is 13.0. The van der Waals surface area contributed by atoms with Gasteiger partial charge in [-0.25, -0.2) is 0 Å². The van der Waals surface area contributed by atoms with Crippen molar-refractivity contribution in [1.29, 1.82) is 0 Å². The van der Waals surface area contributed by atoms with Gasteiger partial charge in [0.05, 0.1) is 18.2 Å². The number of hydrogen-bond acceptors (Lipinski definition) is 7. The Morgan fingerprint density at radius 1 is 1.07 bits per heavy atom. The van der Waals surface area contributed by atoms with Crippen LogP contribution in [0, 0.1) is 6.92 Å². The Morgan fingerprint density at radius 2 is 1.97 bits per heavy atom. The molecule has 0 bridgehead atoms. The average molecular weight is 390 g/mol. The van der Waals surface area contributed by atoms with Gasteiger partial charge in [-0.05, 0) is 38.1 Å². The van der Waals surface area contributed by atoms with Gasteiger partial charge in [0, 0.05) is 25.4 Å². The smallest absolute Gasteiger partial charge is 0.241 e. The van der Waals surface area contributed by atoms with Crippen molar-refractivity contribution < 1.29 is 9.05 Å².